The van der Waals surface area contributed by atoms with Crippen LogP contribution < -0.4 is 10.1 Å². The van der Waals surface area contributed by atoms with E-state index in [0.717, 1.165) is 41.7 Å². The Morgan fingerprint density at radius 1 is 1.17 bits per heavy atom. The van der Waals surface area contributed by atoms with Gasteiger partial charge in [0.25, 0.3) is 0 Å². The number of piperidine rings is 1. The van der Waals surface area contributed by atoms with Gasteiger partial charge in [-0.3, -0.25) is 4.79 Å². The van der Waals surface area contributed by atoms with E-state index >= 15 is 0 Å². The highest BCUT2D eigenvalue weighted by molar-refractivity contribution is 7.13. The van der Waals surface area contributed by atoms with Gasteiger partial charge >= 0.3 is 5.97 Å². The van der Waals surface area contributed by atoms with Gasteiger partial charge in [-0.25, -0.2) is 4.98 Å². The molecule has 1 saturated heterocycles. The summed E-state index contributed by atoms with van der Waals surface area (Å²) in [5.74, 6) is 1.35. The molecule has 1 aromatic carbocycles. The first-order chi connectivity index (χ1) is 12.2. The van der Waals surface area contributed by atoms with Crippen LogP contribution in [0, 0.1) is 5.92 Å². The lowest BCUT2D eigenvalue weighted by Crippen LogP contribution is -2.30. The summed E-state index contributed by atoms with van der Waals surface area (Å²) in [4.78, 5) is 15.8. The number of nitrogens with zero attached hydrogens (tertiary/aromatic N) is 1. The van der Waals surface area contributed by atoms with Crippen LogP contribution >= 0.6 is 36.2 Å². The van der Waals surface area contributed by atoms with Gasteiger partial charge < -0.3 is 25.7 Å². The summed E-state index contributed by atoms with van der Waals surface area (Å²) in [5, 5.41) is 6.33. The number of esters is 1. The van der Waals surface area contributed by atoms with Crippen LogP contribution in [0.3, 0.4) is 0 Å². The molecule has 7 nitrogen and oxygen atoms in total. The molecule has 0 bridgehead atoms. The van der Waals surface area contributed by atoms with Crippen LogP contribution in [0.15, 0.2) is 29.6 Å². The molecule has 0 spiro atoms. The van der Waals surface area contributed by atoms with Crippen molar-refractivity contribution in [3.63, 3.8) is 0 Å². The molecule has 1 fully saturated rings. The molecule has 10 heteroatoms. The molecule has 0 unspecified atom stereocenters. The van der Waals surface area contributed by atoms with Crippen LogP contribution in [0.1, 0.15) is 25.0 Å². The smallest absolute Gasteiger partial charge is 0.305 e. The van der Waals surface area contributed by atoms with Gasteiger partial charge in [-0.15, -0.1) is 36.2 Å². The van der Waals surface area contributed by atoms with Gasteiger partial charge in [0.2, 0.25) is 0 Å². The first-order valence-electron chi connectivity index (χ1n) is 8.70. The highest BCUT2D eigenvalue weighted by Gasteiger charge is 2.13. The third kappa shape index (κ3) is 9.29. The Morgan fingerprint density at radius 3 is 2.45 bits per heavy atom. The van der Waals surface area contributed by atoms with Crippen molar-refractivity contribution in [2.75, 3.05) is 26.8 Å². The van der Waals surface area contributed by atoms with E-state index in [2.05, 4.69) is 15.0 Å². The molecule has 1 aliphatic heterocycles. The van der Waals surface area contributed by atoms with Crippen molar-refractivity contribution in [1.82, 2.24) is 10.3 Å². The van der Waals surface area contributed by atoms with Crippen molar-refractivity contribution >= 4 is 42.1 Å². The molecule has 1 aliphatic rings. The number of hydrogen-bond acceptors (Lipinski definition) is 6. The molecule has 0 atom stereocenters. The molecular formula is C19H30Cl2N2O5S. The minimum absolute atomic E-state index is 0. The fourth-order valence-corrected chi connectivity index (χ4v) is 3.70. The normalized spacial score (nSPS) is 13.0. The largest absolute Gasteiger partial charge is 0.493 e. The molecule has 0 radical (unpaired) electrons. The predicted molar refractivity (Wildman–Crippen MR) is 121 cm³/mol. The highest BCUT2D eigenvalue weighted by atomic mass is 35.5. The second-order valence-corrected chi connectivity index (χ2v) is 7.11. The molecule has 0 amide bonds. The van der Waals surface area contributed by atoms with E-state index in [0.29, 0.717) is 18.8 Å². The molecule has 5 N–H and O–H groups in total. The number of hydrogen-bond donors (Lipinski definition) is 1. The Morgan fingerprint density at radius 2 is 1.83 bits per heavy atom. The van der Waals surface area contributed by atoms with E-state index < -0.39 is 0 Å². The summed E-state index contributed by atoms with van der Waals surface area (Å²) in [6.07, 6.45) is 3.35. The number of ether oxygens (including phenoxy) is 2. The number of carbonyl (C=O) groups excluding carboxylic acids is 1. The van der Waals surface area contributed by atoms with Gasteiger partial charge in [0.05, 0.1) is 25.8 Å². The summed E-state index contributed by atoms with van der Waals surface area (Å²) in [6, 6.07) is 8.10. The van der Waals surface area contributed by atoms with Gasteiger partial charge in [0, 0.05) is 17.4 Å². The fourth-order valence-electron chi connectivity index (χ4n) is 2.84. The molecule has 3 rings (SSSR count). The van der Waals surface area contributed by atoms with E-state index in [9.17, 15) is 4.79 Å². The standard InChI is InChI=1S/C19H24N2O3S.2ClH.2H2O/c1-23-18(22)7-4-16-13-25-19(21-16)15-2-5-17(6-3-15)24-12-14-8-10-20-11-9-14;;;;/h2-3,5-6,13-14,20H,4,7-12H2,1H3;2*1H;2*1H2. The van der Waals surface area contributed by atoms with E-state index in [1.165, 1.54) is 20.0 Å². The van der Waals surface area contributed by atoms with Gasteiger partial charge in [0.1, 0.15) is 10.8 Å². The first kappa shape index (κ1) is 29.8. The predicted octanol–water partition coefficient (Wildman–Crippen LogP) is 2.49. The van der Waals surface area contributed by atoms with Crippen molar-refractivity contribution in [3.05, 3.63) is 35.3 Å². The Hall–Kier alpha value is -1.42. The SMILES string of the molecule is COC(=O)CCc1csc(-c2ccc(OCC3CCNCC3)cc2)n1.Cl.Cl.O.O. The fraction of sp³-hybridized carbons (Fsp3) is 0.474. The Balaban J connectivity index is 0. The zero-order chi connectivity index (χ0) is 17.5. The molecule has 2 aromatic rings. The lowest BCUT2D eigenvalue weighted by atomic mass is 9.99. The quantitative estimate of drug-likeness (QED) is 0.624. The maximum atomic E-state index is 11.2. The average molecular weight is 469 g/mol. The van der Waals surface area contributed by atoms with Crippen LogP contribution in [0.2, 0.25) is 0 Å². The van der Waals surface area contributed by atoms with Gasteiger partial charge in [-0.1, -0.05) is 0 Å². The van der Waals surface area contributed by atoms with E-state index in [-0.39, 0.29) is 41.7 Å². The molecule has 29 heavy (non-hydrogen) atoms. The van der Waals surface area contributed by atoms with Gasteiger partial charge in [-0.2, -0.15) is 0 Å². The average Bonchev–Trinajstić information content (AvgIpc) is 3.14. The highest BCUT2D eigenvalue weighted by Crippen LogP contribution is 2.26. The molecule has 166 valence electrons. The van der Waals surface area contributed by atoms with E-state index in [1.54, 1.807) is 11.3 Å². The second kappa shape index (κ2) is 15.4. The first-order valence-corrected chi connectivity index (χ1v) is 9.57. The lowest BCUT2D eigenvalue weighted by molar-refractivity contribution is -0.140. The summed E-state index contributed by atoms with van der Waals surface area (Å²) >= 11 is 1.59. The monoisotopic (exact) mass is 468 g/mol. The van der Waals surface area contributed by atoms with Crippen molar-refractivity contribution in [2.24, 2.45) is 5.92 Å². The number of halogens is 2. The second-order valence-electron chi connectivity index (χ2n) is 6.25. The van der Waals surface area contributed by atoms with Crippen LogP contribution in [-0.2, 0) is 16.0 Å². The number of aromatic nitrogens is 1. The molecule has 1 aromatic heterocycles. The molecular weight excluding hydrogens is 439 g/mol. The number of carbonyl (C=O) groups is 1. The van der Waals surface area contributed by atoms with Crippen LogP contribution in [-0.4, -0.2) is 48.7 Å². The van der Waals surface area contributed by atoms with Crippen LogP contribution in [0.4, 0.5) is 0 Å². The lowest BCUT2D eigenvalue weighted by Gasteiger charge is -2.22. The van der Waals surface area contributed by atoms with E-state index in [1.807, 2.05) is 29.6 Å². The van der Waals surface area contributed by atoms with E-state index in [4.69, 9.17) is 4.74 Å². The summed E-state index contributed by atoms with van der Waals surface area (Å²) < 4.78 is 10.6. The van der Waals surface area contributed by atoms with Gasteiger partial charge in [0.15, 0.2) is 0 Å². The zero-order valence-corrected chi connectivity index (χ0v) is 18.8. The molecule has 0 saturated carbocycles. The molecule has 0 aliphatic carbocycles. The Bertz CT molecular complexity index is 694. The Kier molecular flexibility index (Phi) is 15.8. The zero-order valence-electron chi connectivity index (χ0n) is 16.3. The summed E-state index contributed by atoms with van der Waals surface area (Å²) in [6.45, 7) is 2.97. The summed E-state index contributed by atoms with van der Waals surface area (Å²) in [5.41, 5.74) is 2.00. The maximum Gasteiger partial charge on any atom is 0.305 e. The molecule has 2 heterocycles. The van der Waals surface area contributed by atoms with Crippen molar-refractivity contribution in [2.45, 2.75) is 25.7 Å². The van der Waals surface area contributed by atoms with Gasteiger partial charge in [-0.05, 0) is 56.1 Å². The number of nitrogens with one attached hydrogen (secondary N) is 1. The van der Waals surface area contributed by atoms with Crippen molar-refractivity contribution in [1.29, 1.82) is 0 Å². The maximum absolute atomic E-state index is 11.2. The third-order valence-electron chi connectivity index (χ3n) is 4.41. The van der Waals surface area contributed by atoms with Crippen LogP contribution in [0.5, 0.6) is 5.75 Å². The number of thiazole rings is 1. The third-order valence-corrected chi connectivity index (χ3v) is 5.35. The number of benzene rings is 1. The summed E-state index contributed by atoms with van der Waals surface area (Å²) in [7, 11) is 1.41. The minimum Gasteiger partial charge on any atom is -0.493 e. The van der Waals surface area contributed by atoms with Crippen molar-refractivity contribution in [3.8, 4) is 16.3 Å². The number of rotatable bonds is 7. The Labute approximate surface area is 187 Å². The topological polar surface area (TPSA) is 123 Å². The van der Waals surface area contributed by atoms with Crippen LogP contribution in [0.25, 0.3) is 10.6 Å². The number of methoxy groups -OCH3 is 1. The number of aryl methyl sites for hydroxylation is 1. The van der Waals surface area contributed by atoms with Crippen molar-refractivity contribution < 1.29 is 25.2 Å². The minimum atomic E-state index is -0.204.